The highest BCUT2D eigenvalue weighted by Crippen LogP contribution is 2.36. The second-order valence-electron chi connectivity index (χ2n) is 5.48. The molecule has 1 aromatic rings. The Bertz CT molecular complexity index is 453. The number of halogens is 3. The van der Waals surface area contributed by atoms with Crippen LogP contribution in [0.3, 0.4) is 0 Å². The molecule has 1 aliphatic rings. The van der Waals surface area contributed by atoms with E-state index in [4.69, 9.17) is 10.5 Å². The van der Waals surface area contributed by atoms with E-state index in [0.717, 1.165) is 31.2 Å². The van der Waals surface area contributed by atoms with Gasteiger partial charge >= 0.3 is 6.36 Å². The van der Waals surface area contributed by atoms with E-state index >= 15 is 0 Å². The van der Waals surface area contributed by atoms with Crippen LogP contribution in [0, 0.1) is 0 Å². The van der Waals surface area contributed by atoms with Crippen molar-refractivity contribution in [2.75, 3.05) is 7.11 Å². The van der Waals surface area contributed by atoms with Gasteiger partial charge < -0.3 is 15.2 Å². The number of nitrogens with two attached hydrogens (primary N) is 1. The fourth-order valence-corrected chi connectivity index (χ4v) is 2.97. The summed E-state index contributed by atoms with van der Waals surface area (Å²) < 4.78 is 45.8. The van der Waals surface area contributed by atoms with Crippen molar-refractivity contribution < 1.29 is 22.6 Å². The minimum Gasteiger partial charge on any atom is -0.406 e. The zero-order chi connectivity index (χ0) is 15.5. The Morgan fingerprint density at radius 2 is 1.76 bits per heavy atom. The molecule has 0 aromatic heterocycles. The molecule has 1 atom stereocenters. The molecule has 0 heterocycles. The predicted molar refractivity (Wildman–Crippen MR) is 73.0 cm³/mol. The Labute approximate surface area is 122 Å². The van der Waals surface area contributed by atoms with Gasteiger partial charge in [-0.1, -0.05) is 25.0 Å². The second kappa shape index (κ2) is 6.23. The molecule has 0 aliphatic heterocycles. The molecular weight excluding hydrogens is 283 g/mol. The van der Waals surface area contributed by atoms with Crippen LogP contribution in [0.2, 0.25) is 0 Å². The number of rotatable bonds is 5. The smallest absolute Gasteiger partial charge is 0.406 e. The minimum atomic E-state index is -4.66. The summed E-state index contributed by atoms with van der Waals surface area (Å²) in [4.78, 5) is 0. The van der Waals surface area contributed by atoms with Crippen molar-refractivity contribution in [1.29, 1.82) is 0 Å². The maximum Gasteiger partial charge on any atom is 0.573 e. The first-order valence-electron chi connectivity index (χ1n) is 7.00. The molecule has 1 unspecified atom stereocenters. The Kier molecular flexibility index (Phi) is 4.78. The molecule has 1 saturated carbocycles. The molecule has 21 heavy (non-hydrogen) atoms. The van der Waals surface area contributed by atoms with Crippen LogP contribution in [0.5, 0.6) is 5.75 Å². The zero-order valence-electron chi connectivity index (χ0n) is 12.0. The summed E-state index contributed by atoms with van der Waals surface area (Å²) in [5.41, 5.74) is 6.83. The third-order valence-corrected chi connectivity index (χ3v) is 4.14. The normalized spacial score (nSPS) is 19.5. The highest BCUT2D eigenvalue weighted by molar-refractivity contribution is 5.28. The van der Waals surface area contributed by atoms with Gasteiger partial charge in [0, 0.05) is 13.2 Å². The van der Waals surface area contributed by atoms with E-state index in [0.29, 0.717) is 6.42 Å². The van der Waals surface area contributed by atoms with Crippen molar-refractivity contribution in [3.05, 3.63) is 29.8 Å². The van der Waals surface area contributed by atoms with Gasteiger partial charge in [-0.25, -0.2) is 0 Å². The molecule has 2 rings (SSSR count). The lowest BCUT2D eigenvalue weighted by Gasteiger charge is -2.34. The lowest BCUT2D eigenvalue weighted by molar-refractivity contribution is -0.274. The third-order valence-electron chi connectivity index (χ3n) is 4.14. The van der Waals surface area contributed by atoms with E-state index in [9.17, 15) is 13.2 Å². The van der Waals surface area contributed by atoms with Crippen LogP contribution in [-0.4, -0.2) is 25.1 Å². The Morgan fingerprint density at radius 1 is 1.19 bits per heavy atom. The fourth-order valence-electron chi connectivity index (χ4n) is 2.97. The summed E-state index contributed by atoms with van der Waals surface area (Å²) in [6, 6.07) is 5.67. The van der Waals surface area contributed by atoms with Crippen molar-refractivity contribution >= 4 is 0 Å². The molecule has 2 N–H and O–H groups in total. The summed E-state index contributed by atoms with van der Waals surface area (Å²) in [5, 5.41) is 0. The van der Waals surface area contributed by atoms with Crippen molar-refractivity contribution in [1.82, 2.24) is 0 Å². The van der Waals surface area contributed by atoms with E-state index in [1.54, 1.807) is 19.2 Å². The summed E-state index contributed by atoms with van der Waals surface area (Å²) >= 11 is 0. The SMILES string of the molecule is COC1(C(N)Cc2ccc(OC(F)(F)F)cc2)CCCC1. The van der Waals surface area contributed by atoms with Crippen LogP contribution in [-0.2, 0) is 11.2 Å². The third kappa shape index (κ3) is 4.11. The van der Waals surface area contributed by atoms with E-state index in [2.05, 4.69) is 4.74 Å². The number of ether oxygens (including phenoxy) is 2. The number of alkyl halides is 3. The highest BCUT2D eigenvalue weighted by atomic mass is 19.4. The number of hydrogen-bond donors (Lipinski definition) is 1. The summed E-state index contributed by atoms with van der Waals surface area (Å²) in [5.74, 6) is -0.220. The quantitative estimate of drug-likeness (QED) is 0.906. The molecule has 0 radical (unpaired) electrons. The van der Waals surface area contributed by atoms with E-state index in [1.807, 2.05) is 0 Å². The largest absolute Gasteiger partial charge is 0.573 e. The van der Waals surface area contributed by atoms with Gasteiger partial charge in [0.1, 0.15) is 5.75 Å². The van der Waals surface area contributed by atoms with Gasteiger partial charge in [-0.3, -0.25) is 0 Å². The molecule has 1 aliphatic carbocycles. The molecule has 3 nitrogen and oxygen atoms in total. The van der Waals surface area contributed by atoms with E-state index in [1.165, 1.54) is 12.1 Å². The molecule has 0 saturated heterocycles. The molecule has 6 heteroatoms. The van der Waals surface area contributed by atoms with E-state index < -0.39 is 6.36 Å². The van der Waals surface area contributed by atoms with Crippen LogP contribution in [0.4, 0.5) is 13.2 Å². The highest BCUT2D eigenvalue weighted by Gasteiger charge is 2.39. The average Bonchev–Trinajstić information content (AvgIpc) is 2.89. The summed E-state index contributed by atoms with van der Waals surface area (Å²) in [7, 11) is 1.67. The number of benzene rings is 1. The first kappa shape index (κ1) is 16.1. The summed E-state index contributed by atoms with van der Waals surface area (Å²) in [6.07, 6.45) is -0.0400. The van der Waals surface area contributed by atoms with Gasteiger partial charge in [0.25, 0.3) is 0 Å². The van der Waals surface area contributed by atoms with Gasteiger partial charge in [0.15, 0.2) is 0 Å². The molecule has 0 bridgehead atoms. The van der Waals surface area contributed by atoms with Gasteiger partial charge in [0.2, 0.25) is 0 Å². The van der Waals surface area contributed by atoms with Crippen LogP contribution >= 0.6 is 0 Å². The maximum absolute atomic E-state index is 12.1. The standard InChI is InChI=1S/C15H20F3NO2/c1-20-14(8-2-3-9-14)13(19)10-11-4-6-12(7-5-11)21-15(16,17)18/h4-7,13H,2-3,8-10,19H2,1H3. The topological polar surface area (TPSA) is 44.5 Å². The van der Waals surface area contributed by atoms with Crippen LogP contribution < -0.4 is 10.5 Å². The zero-order valence-corrected chi connectivity index (χ0v) is 12.0. The molecule has 1 aromatic carbocycles. The minimum absolute atomic E-state index is 0.167. The first-order valence-corrected chi connectivity index (χ1v) is 7.00. The van der Waals surface area contributed by atoms with Crippen LogP contribution in [0.25, 0.3) is 0 Å². The van der Waals surface area contributed by atoms with Crippen molar-refractivity contribution in [3.8, 4) is 5.75 Å². The van der Waals surface area contributed by atoms with Crippen molar-refractivity contribution in [3.63, 3.8) is 0 Å². The van der Waals surface area contributed by atoms with Crippen molar-refractivity contribution in [2.24, 2.45) is 5.73 Å². The fraction of sp³-hybridized carbons (Fsp3) is 0.600. The lowest BCUT2D eigenvalue weighted by atomic mass is 9.88. The second-order valence-corrected chi connectivity index (χ2v) is 5.48. The maximum atomic E-state index is 12.1. The van der Waals surface area contributed by atoms with Crippen LogP contribution in [0.1, 0.15) is 31.2 Å². The molecule has 118 valence electrons. The van der Waals surface area contributed by atoms with Gasteiger partial charge in [-0.15, -0.1) is 13.2 Å². The molecular formula is C15H20F3NO2. The molecule has 0 amide bonds. The van der Waals surface area contributed by atoms with Gasteiger partial charge in [-0.05, 0) is 37.0 Å². The Balaban J connectivity index is 1.99. The van der Waals surface area contributed by atoms with Crippen molar-refractivity contribution in [2.45, 2.75) is 50.1 Å². The number of hydrogen-bond acceptors (Lipinski definition) is 3. The molecule has 0 spiro atoms. The van der Waals surface area contributed by atoms with Crippen LogP contribution in [0.15, 0.2) is 24.3 Å². The number of methoxy groups -OCH3 is 1. The Hall–Kier alpha value is -1.27. The monoisotopic (exact) mass is 303 g/mol. The molecule has 1 fully saturated rings. The summed E-state index contributed by atoms with van der Waals surface area (Å²) in [6.45, 7) is 0. The first-order chi connectivity index (χ1) is 9.85. The van der Waals surface area contributed by atoms with Gasteiger partial charge in [-0.2, -0.15) is 0 Å². The van der Waals surface area contributed by atoms with E-state index in [-0.39, 0.29) is 17.4 Å². The Morgan fingerprint density at radius 3 is 2.24 bits per heavy atom. The average molecular weight is 303 g/mol. The predicted octanol–water partition coefficient (Wildman–Crippen LogP) is 3.41. The lowest BCUT2D eigenvalue weighted by Crippen LogP contribution is -2.48. The van der Waals surface area contributed by atoms with Gasteiger partial charge in [0.05, 0.1) is 5.60 Å².